The number of carboxylic acids is 1. The zero-order valence-electron chi connectivity index (χ0n) is 20.2. The minimum absolute atomic E-state index is 0.0442. The van der Waals surface area contributed by atoms with E-state index in [-0.39, 0.29) is 22.6 Å². The highest BCUT2D eigenvalue weighted by Crippen LogP contribution is 2.49. The molecule has 0 aliphatic carbocycles. The molecule has 1 aliphatic heterocycles. The molecule has 0 radical (unpaired) electrons. The largest absolute Gasteiger partial charge is 0.489 e. The fourth-order valence-electron chi connectivity index (χ4n) is 4.36. The minimum Gasteiger partial charge on any atom is -0.489 e. The molecule has 10 heteroatoms. The zero-order valence-corrected chi connectivity index (χ0v) is 21.0. The summed E-state index contributed by atoms with van der Waals surface area (Å²) in [6, 6.07) is 4.35. The molecule has 2 N–H and O–H groups in total. The standard InChI is InChI=1S/C25H31NO8S/c1-4-5-13-34-24-17(22(29)23(24)30)15-20-25(2,3)18-14-16(35(31,32)33)10-11-19(18)26(20)12-8-6-7-9-21(27)28/h10-11,14-15H,4-9,12-13H2,1-3H3,(H,27,28)(H,31,32,33)/b20-15+. The Labute approximate surface area is 204 Å². The first-order valence-electron chi connectivity index (χ1n) is 11.7. The molecule has 1 aliphatic rings. The highest BCUT2D eigenvalue weighted by Gasteiger charge is 2.41. The molecular weight excluding hydrogens is 474 g/mol. The summed E-state index contributed by atoms with van der Waals surface area (Å²) in [7, 11) is -4.42. The lowest BCUT2D eigenvalue weighted by Crippen LogP contribution is -2.36. The van der Waals surface area contributed by atoms with Crippen LogP contribution >= 0.6 is 0 Å². The van der Waals surface area contributed by atoms with Crippen LogP contribution in [0, 0.1) is 0 Å². The molecule has 0 amide bonds. The second-order valence-corrected chi connectivity index (χ2v) is 10.7. The van der Waals surface area contributed by atoms with Gasteiger partial charge in [-0.05, 0) is 49.1 Å². The predicted octanol–water partition coefficient (Wildman–Crippen LogP) is 3.49. The molecule has 0 bridgehead atoms. The van der Waals surface area contributed by atoms with Crippen LogP contribution in [0.25, 0.3) is 6.08 Å². The fraction of sp³-hybridized carbons (Fsp3) is 0.480. The Morgan fingerprint density at radius 2 is 1.83 bits per heavy atom. The van der Waals surface area contributed by atoms with E-state index in [4.69, 9.17) is 9.84 Å². The average Bonchev–Trinajstić information content (AvgIpc) is 3.00. The number of hydrogen-bond acceptors (Lipinski definition) is 7. The van der Waals surface area contributed by atoms with Gasteiger partial charge in [-0.15, -0.1) is 0 Å². The van der Waals surface area contributed by atoms with Gasteiger partial charge in [-0.2, -0.15) is 8.42 Å². The summed E-state index contributed by atoms with van der Waals surface area (Å²) in [5, 5.41) is 8.87. The van der Waals surface area contributed by atoms with Crippen molar-refractivity contribution in [3.8, 4) is 5.75 Å². The fourth-order valence-corrected chi connectivity index (χ4v) is 4.86. The number of hydrogen-bond donors (Lipinski definition) is 2. The highest BCUT2D eigenvalue weighted by atomic mass is 32.2. The number of carbonyl (C=O) groups is 1. The van der Waals surface area contributed by atoms with Crippen molar-refractivity contribution in [2.45, 2.75) is 69.6 Å². The first-order valence-corrected chi connectivity index (χ1v) is 13.1. The van der Waals surface area contributed by atoms with Gasteiger partial charge in [0.05, 0.1) is 17.1 Å². The number of nitrogens with zero attached hydrogens (tertiary/aromatic N) is 1. The second kappa shape index (κ2) is 10.3. The Hall–Kier alpha value is -2.98. The number of carboxylic acid groups (broad SMARTS) is 1. The first kappa shape index (κ1) is 26.6. The van der Waals surface area contributed by atoms with Gasteiger partial charge >= 0.3 is 5.97 Å². The Morgan fingerprint density at radius 3 is 2.46 bits per heavy atom. The maximum Gasteiger partial charge on any atom is 0.303 e. The Bertz CT molecular complexity index is 1320. The van der Waals surface area contributed by atoms with E-state index in [0.717, 1.165) is 18.5 Å². The summed E-state index contributed by atoms with van der Waals surface area (Å²) in [4.78, 5) is 37.1. The molecule has 0 fully saturated rings. The molecule has 0 aromatic heterocycles. The molecule has 0 spiro atoms. The molecule has 0 saturated carbocycles. The molecule has 190 valence electrons. The number of benzene rings is 1. The number of anilines is 1. The molecule has 0 unspecified atom stereocenters. The van der Waals surface area contributed by atoms with Crippen LogP contribution in [-0.2, 0) is 20.3 Å². The van der Waals surface area contributed by atoms with E-state index in [1.807, 2.05) is 25.7 Å². The van der Waals surface area contributed by atoms with Crippen molar-refractivity contribution in [1.82, 2.24) is 0 Å². The van der Waals surface area contributed by atoms with Gasteiger partial charge in [0.2, 0.25) is 5.43 Å². The molecule has 0 saturated heterocycles. The van der Waals surface area contributed by atoms with Crippen molar-refractivity contribution >= 4 is 27.9 Å². The monoisotopic (exact) mass is 505 g/mol. The predicted molar refractivity (Wildman–Crippen MR) is 132 cm³/mol. The topological polar surface area (TPSA) is 138 Å². The molecule has 35 heavy (non-hydrogen) atoms. The number of ether oxygens (including phenoxy) is 1. The van der Waals surface area contributed by atoms with E-state index >= 15 is 0 Å². The van der Waals surface area contributed by atoms with Gasteiger partial charge in [-0.3, -0.25) is 18.9 Å². The SMILES string of the molecule is CCCCOc1c(/C=C2/N(CCCCCC(=O)O)c3ccc(S(=O)(=O)O)cc3C2(C)C)c(=O)c1=O. The van der Waals surface area contributed by atoms with Gasteiger partial charge in [-0.1, -0.05) is 33.6 Å². The number of aliphatic carboxylic acids is 1. The summed E-state index contributed by atoms with van der Waals surface area (Å²) in [5.74, 6) is -0.811. The van der Waals surface area contributed by atoms with Crippen molar-refractivity contribution < 1.29 is 27.6 Å². The minimum atomic E-state index is -4.42. The zero-order chi connectivity index (χ0) is 26.0. The van der Waals surface area contributed by atoms with Crippen molar-refractivity contribution in [3.05, 3.63) is 55.5 Å². The van der Waals surface area contributed by atoms with E-state index in [9.17, 15) is 27.4 Å². The number of allylic oxidation sites excluding steroid dienone is 1. The van der Waals surface area contributed by atoms with Gasteiger partial charge in [0.1, 0.15) is 0 Å². The normalized spacial score (nSPS) is 16.1. The van der Waals surface area contributed by atoms with E-state index in [1.54, 1.807) is 12.1 Å². The van der Waals surface area contributed by atoms with Crippen LogP contribution in [-0.4, -0.2) is 37.2 Å². The van der Waals surface area contributed by atoms with Crippen LogP contribution in [0.4, 0.5) is 5.69 Å². The summed E-state index contributed by atoms with van der Waals surface area (Å²) in [6.45, 7) is 6.56. The second-order valence-electron chi connectivity index (χ2n) is 9.27. The quantitative estimate of drug-likeness (QED) is 0.252. The van der Waals surface area contributed by atoms with Gasteiger partial charge in [0, 0.05) is 29.8 Å². The van der Waals surface area contributed by atoms with Crippen LogP contribution in [0.1, 0.15) is 70.4 Å². The Kier molecular flexibility index (Phi) is 7.86. The summed E-state index contributed by atoms with van der Waals surface area (Å²) >= 11 is 0. The maximum absolute atomic E-state index is 12.4. The van der Waals surface area contributed by atoms with E-state index < -0.39 is 32.4 Å². The van der Waals surface area contributed by atoms with Crippen molar-refractivity contribution in [2.75, 3.05) is 18.1 Å². The summed E-state index contributed by atoms with van der Waals surface area (Å²) in [5.41, 5.74) is 0.206. The molecule has 2 aromatic rings. The molecule has 1 heterocycles. The Balaban J connectivity index is 2.02. The van der Waals surface area contributed by atoms with Crippen LogP contribution in [0.2, 0.25) is 0 Å². The van der Waals surface area contributed by atoms with Gasteiger partial charge < -0.3 is 14.7 Å². The molecule has 9 nitrogen and oxygen atoms in total. The summed E-state index contributed by atoms with van der Waals surface area (Å²) in [6.07, 6.45) is 5.17. The first-order chi connectivity index (χ1) is 16.4. The van der Waals surface area contributed by atoms with E-state index in [1.165, 1.54) is 12.1 Å². The lowest BCUT2D eigenvalue weighted by atomic mass is 9.83. The molecule has 3 rings (SSSR count). The van der Waals surface area contributed by atoms with Crippen LogP contribution in [0.15, 0.2) is 38.4 Å². The third kappa shape index (κ3) is 5.48. The Morgan fingerprint density at radius 1 is 1.11 bits per heavy atom. The van der Waals surface area contributed by atoms with Gasteiger partial charge in [-0.25, -0.2) is 0 Å². The number of fused-ring (bicyclic) bond motifs is 1. The lowest BCUT2D eigenvalue weighted by molar-refractivity contribution is -0.137. The lowest BCUT2D eigenvalue weighted by Gasteiger charge is -2.28. The van der Waals surface area contributed by atoms with Gasteiger partial charge in [0.25, 0.3) is 15.5 Å². The van der Waals surface area contributed by atoms with Crippen LogP contribution in [0.3, 0.4) is 0 Å². The molecular formula is C25H31NO8S. The molecule has 0 atom stereocenters. The third-order valence-corrected chi connectivity index (χ3v) is 7.21. The van der Waals surface area contributed by atoms with Gasteiger partial charge in [0.15, 0.2) is 5.75 Å². The smallest absolute Gasteiger partial charge is 0.303 e. The van der Waals surface area contributed by atoms with Crippen molar-refractivity contribution in [1.29, 1.82) is 0 Å². The maximum atomic E-state index is 12.4. The van der Waals surface area contributed by atoms with Crippen LogP contribution < -0.4 is 20.5 Å². The molecule has 2 aromatic carbocycles. The highest BCUT2D eigenvalue weighted by molar-refractivity contribution is 7.85. The van der Waals surface area contributed by atoms with Crippen molar-refractivity contribution in [3.63, 3.8) is 0 Å². The van der Waals surface area contributed by atoms with E-state index in [0.29, 0.717) is 43.7 Å². The van der Waals surface area contributed by atoms with Crippen LogP contribution in [0.5, 0.6) is 5.75 Å². The van der Waals surface area contributed by atoms with E-state index in [2.05, 4.69) is 0 Å². The van der Waals surface area contributed by atoms with Crippen molar-refractivity contribution in [2.24, 2.45) is 0 Å². The number of unbranched alkanes of at least 4 members (excludes halogenated alkanes) is 3. The number of rotatable bonds is 12. The third-order valence-electron chi connectivity index (χ3n) is 6.36. The average molecular weight is 506 g/mol. The summed E-state index contributed by atoms with van der Waals surface area (Å²) < 4.78 is 38.7.